The smallest absolute Gasteiger partial charge is 0.160 e. The number of nitrogens with zero attached hydrogens (tertiary/aromatic N) is 1. The zero-order valence-electron chi connectivity index (χ0n) is 10.7. The van der Waals surface area contributed by atoms with E-state index in [0.717, 1.165) is 21.2 Å². The van der Waals surface area contributed by atoms with Crippen LogP contribution in [0.1, 0.15) is 28.5 Å². The second kappa shape index (κ2) is 5.36. The van der Waals surface area contributed by atoms with Gasteiger partial charge in [0.25, 0.3) is 0 Å². The van der Waals surface area contributed by atoms with E-state index < -0.39 is 0 Å². The third kappa shape index (κ3) is 2.99. The van der Waals surface area contributed by atoms with Crippen molar-refractivity contribution < 1.29 is 4.79 Å². The Morgan fingerprint density at radius 3 is 2.56 bits per heavy atom. The number of carbonyl (C=O) groups excluding carboxylic acids is 1. The number of rotatable bonds is 3. The zero-order chi connectivity index (χ0) is 13.1. The van der Waals surface area contributed by atoms with Gasteiger partial charge in [-0.1, -0.05) is 30.0 Å². The van der Waals surface area contributed by atoms with Crippen LogP contribution in [0.3, 0.4) is 0 Å². The highest BCUT2D eigenvalue weighted by atomic mass is 32.2. The topological polar surface area (TPSA) is 30.0 Å². The first-order valence-corrected chi connectivity index (χ1v) is 6.61. The first-order chi connectivity index (χ1) is 8.56. The lowest BCUT2D eigenvalue weighted by Gasteiger charge is -2.07. The number of carbonyl (C=O) groups is 1. The molecule has 1 heterocycles. The molecule has 92 valence electrons. The second-order valence-corrected chi connectivity index (χ2v) is 5.34. The Labute approximate surface area is 111 Å². The lowest BCUT2D eigenvalue weighted by atomic mass is 10.1. The molecule has 0 unspecified atom stereocenters. The maximum Gasteiger partial charge on any atom is 0.160 e. The summed E-state index contributed by atoms with van der Waals surface area (Å²) in [7, 11) is 0. The van der Waals surface area contributed by atoms with Gasteiger partial charge in [-0.05, 0) is 44.5 Å². The van der Waals surface area contributed by atoms with Gasteiger partial charge in [-0.3, -0.25) is 4.79 Å². The summed E-state index contributed by atoms with van der Waals surface area (Å²) in [5, 5.41) is 0.932. The Bertz CT molecular complexity index is 573. The molecule has 0 saturated carbocycles. The molecule has 18 heavy (non-hydrogen) atoms. The van der Waals surface area contributed by atoms with E-state index in [2.05, 4.69) is 11.9 Å². The van der Waals surface area contributed by atoms with Gasteiger partial charge in [-0.2, -0.15) is 0 Å². The van der Waals surface area contributed by atoms with Crippen molar-refractivity contribution in [2.75, 3.05) is 0 Å². The molecule has 0 saturated heterocycles. The molecule has 0 bridgehead atoms. The van der Waals surface area contributed by atoms with Crippen molar-refractivity contribution in [2.45, 2.75) is 30.7 Å². The Morgan fingerprint density at radius 2 is 1.89 bits per heavy atom. The molecule has 0 radical (unpaired) electrons. The number of ketones is 1. The van der Waals surface area contributed by atoms with Crippen LogP contribution in [0.2, 0.25) is 0 Å². The number of hydrogen-bond donors (Lipinski definition) is 0. The van der Waals surface area contributed by atoms with Gasteiger partial charge in [0.2, 0.25) is 0 Å². The lowest BCUT2D eigenvalue weighted by molar-refractivity contribution is 0.101. The molecule has 2 nitrogen and oxygen atoms in total. The molecular weight excluding hydrogens is 242 g/mol. The molecule has 0 atom stereocenters. The monoisotopic (exact) mass is 257 g/mol. The van der Waals surface area contributed by atoms with Gasteiger partial charge in [0.1, 0.15) is 5.03 Å². The van der Waals surface area contributed by atoms with Crippen molar-refractivity contribution in [3.8, 4) is 0 Å². The van der Waals surface area contributed by atoms with Crippen molar-refractivity contribution >= 4 is 17.5 Å². The van der Waals surface area contributed by atoms with Crippen LogP contribution in [-0.2, 0) is 0 Å². The fourth-order valence-corrected chi connectivity index (χ4v) is 2.94. The van der Waals surface area contributed by atoms with Crippen LogP contribution in [-0.4, -0.2) is 10.8 Å². The molecule has 1 aromatic heterocycles. The summed E-state index contributed by atoms with van der Waals surface area (Å²) >= 11 is 1.54. The first-order valence-electron chi connectivity index (χ1n) is 5.79. The fraction of sp³-hybridized carbons (Fsp3) is 0.200. The number of Topliss-reactive ketones (excluding diaryl/α,β-unsaturated/α-hetero) is 1. The average Bonchev–Trinajstić information content (AvgIpc) is 2.27. The molecule has 2 rings (SSSR count). The molecule has 0 aliphatic heterocycles. The van der Waals surface area contributed by atoms with E-state index in [1.165, 1.54) is 17.3 Å². The Balaban J connectivity index is 2.37. The minimum absolute atomic E-state index is 0.0856. The summed E-state index contributed by atoms with van der Waals surface area (Å²) in [4.78, 5) is 17.0. The summed E-state index contributed by atoms with van der Waals surface area (Å²) in [6, 6.07) is 11.7. The van der Waals surface area contributed by atoms with Crippen LogP contribution in [0.15, 0.2) is 46.3 Å². The molecule has 0 aliphatic rings. The minimum atomic E-state index is 0.0856. The number of hydrogen-bond acceptors (Lipinski definition) is 3. The van der Waals surface area contributed by atoms with E-state index in [9.17, 15) is 4.79 Å². The van der Waals surface area contributed by atoms with Crippen molar-refractivity contribution in [1.29, 1.82) is 0 Å². The van der Waals surface area contributed by atoms with Gasteiger partial charge in [-0.15, -0.1) is 0 Å². The number of benzene rings is 1. The summed E-state index contributed by atoms with van der Waals surface area (Å²) < 4.78 is 0. The van der Waals surface area contributed by atoms with E-state index in [1.54, 1.807) is 6.92 Å². The van der Waals surface area contributed by atoms with E-state index in [-0.39, 0.29) is 5.78 Å². The highest BCUT2D eigenvalue weighted by molar-refractivity contribution is 7.99. The molecule has 0 aliphatic carbocycles. The van der Waals surface area contributed by atoms with Crippen molar-refractivity contribution in [3.05, 3.63) is 53.2 Å². The van der Waals surface area contributed by atoms with Crippen LogP contribution in [0, 0.1) is 13.8 Å². The summed E-state index contributed by atoms with van der Waals surface area (Å²) in [6.45, 7) is 5.62. The van der Waals surface area contributed by atoms with Crippen LogP contribution in [0.4, 0.5) is 0 Å². The van der Waals surface area contributed by atoms with E-state index in [1.807, 2.05) is 43.3 Å². The predicted molar refractivity (Wildman–Crippen MR) is 74.3 cm³/mol. The fourth-order valence-electron chi connectivity index (χ4n) is 1.82. The van der Waals surface area contributed by atoms with Crippen molar-refractivity contribution in [3.63, 3.8) is 0 Å². The van der Waals surface area contributed by atoms with Gasteiger partial charge in [0.15, 0.2) is 5.78 Å². The van der Waals surface area contributed by atoms with Crippen molar-refractivity contribution in [1.82, 2.24) is 4.98 Å². The minimum Gasteiger partial charge on any atom is -0.294 e. The summed E-state index contributed by atoms with van der Waals surface area (Å²) in [6.07, 6.45) is 0. The van der Waals surface area contributed by atoms with Gasteiger partial charge in [-0.25, -0.2) is 4.98 Å². The normalized spacial score (nSPS) is 10.4. The van der Waals surface area contributed by atoms with Crippen LogP contribution in [0.5, 0.6) is 0 Å². The zero-order valence-corrected chi connectivity index (χ0v) is 11.5. The van der Waals surface area contributed by atoms with Crippen LogP contribution in [0.25, 0.3) is 0 Å². The quantitative estimate of drug-likeness (QED) is 0.777. The molecule has 3 heteroatoms. The molecule has 0 spiro atoms. The number of pyridine rings is 1. The van der Waals surface area contributed by atoms with Gasteiger partial charge in [0.05, 0.1) is 0 Å². The van der Waals surface area contributed by atoms with Crippen LogP contribution < -0.4 is 0 Å². The average molecular weight is 257 g/mol. The summed E-state index contributed by atoms with van der Waals surface area (Å²) in [5.74, 6) is 0.0856. The largest absolute Gasteiger partial charge is 0.294 e. The van der Waals surface area contributed by atoms with Crippen LogP contribution >= 0.6 is 11.8 Å². The molecule has 0 amide bonds. The van der Waals surface area contributed by atoms with E-state index in [4.69, 9.17) is 0 Å². The van der Waals surface area contributed by atoms with Gasteiger partial charge in [0, 0.05) is 16.2 Å². The van der Waals surface area contributed by atoms with Gasteiger partial charge < -0.3 is 0 Å². The number of aromatic nitrogens is 1. The molecule has 0 fully saturated rings. The molecule has 0 N–H and O–H groups in total. The second-order valence-electron chi connectivity index (χ2n) is 4.28. The molecular formula is C15H15NOS. The maximum atomic E-state index is 11.6. The van der Waals surface area contributed by atoms with E-state index in [0.29, 0.717) is 0 Å². The Hall–Kier alpha value is -1.61. The van der Waals surface area contributed by atoms with E-state index >= 15 is 0 Å². The SMILES string of the molecule is CC(=O)c1ccccc1Sc1cc(C)cc(C)n1. The predicted octanol–water partition coefficient (Wildman–Crippen LogP) is 4.05. The third-order valence-corrected chi connectivity index (χ3v) is 3.55. The lowest BCUT2D eigenvalue weighted by Crippen LogP contribution is -1.95. The highest BCUT2D eigenvalue weighted by Crippen LogP contribution is 2.30. The third-order valence-electron chi connectivity index (χ3n) is 2.56. The molecule has 2 aromatic rings. The number of aryl methyl sites for hydroxylation is 2. The standard InChI is InChI=1S/C15H15NOS/c1-10-8-11(2)16-15(9-10)18-14-7-5-4-6-13(14)12(3)17/h4-9H,1-3H3. The summed E-state index contributed by atoms with van der Waals surface area (Å²) in [5.41, 5.74) is 2.94. The van der Waals surface area contributed by atoms with Gasteiger partial charge >= 0.3 is 0 Å². The Morgan fingerprint density at radius 1 is 1.17 bits per heavy atom. The molecule has 1 aromatic carbocycles. The highest BCUT2D eigenvalue weighted by Gasteiger charge is 2.08. The maximum absolute atomic E-state index is 11.6. The Kier molecular flexibility index (Phi) is 3.82. The van der Waals surface area contributed by atoms with Crippen molar-refractivity contribution in [2.24, 2.45) is 0 Å². The first kappa shape index (κ1) is 12.8.